The molecule has 0 unspecified atom stereocenters. The van der Waals surface area contributed by atoms with E-state index in [2.05, 4.69) is 41.4 Å². The van der Waals surface area contributed by atoms with E-state index in [4.69, 9.17) is 16.3 Å². The Balaban J connectivity index is 1.38. The SMILES string of the molecule is O=C(NCC#Cc1c(Cl)cccc1C(=O)O)OCC1c2ccccc2-c2ccccc21. The van der Waals surface area contributed by atoms with E-state index in [-0.39, 0.29) is 35.2 Å². The molecule has 5 nitrogen and oxygen atoms in total. The van der Waals surface area contributed by atoms with Gasteiger partial charge in [-0.1, -0.05) is 78.0 Å². The summed E-state index contributed by atoms with van der Waals surface area (Å²) < 4.78 is 5.44. The van der Waals surface area contributed by atoms with Crippen LogP contribution in [0.1, 0.15) is 33.0 Å². The third-order valence-electron chi connectivity index (χ3n) is 5.12. The zero-order chi connectivity index (χ0) is 21.8. The van der Waals surface area contributed by atoms with E-state index >= 15 is 0 Å². The average molecular weight is 432 g/mol. The maximum atomic E-state index is 12.2. The van der Waals surface area contributed by atoms with Crippen molar-refractivity contribution in [3.05, 3.63) is 94.0 Å². The van der Waals surface area contributed by atoms with Crippen molar-refractivity contribution in [2.45, 2.75) is 5.92 Å². The summed E-state index contributed by atoms with van der Waals surface area (Å²) in [5, 5.41) is 12.0. The smallest absolute Gasteiger partial charge is 0.407 e. The van der Waals surface area contributed by atoms with Crippen molar-refractivity contribution < 1.29 is 19.4 Å². The van der Waals surface area contributed by atoms with Gasteiger partial charge in [0.25, 0.3) is 0 Å². The van der Waals surface area contributed by atoms with Crippen molar-refractivity contribution in [3.8, 4) is 23.0 Å². The summed E-state index contributed by atoms with van der Waals surface area (Å²) in [6.07, 6.45) is -0.589. The highest BCUT2D eigenvalue weighted by Gasteiger charge is 2.28. The van der Waals surface area contributed by atoms with Crippen molar-refractivity contribution in [2.24, 2.45) is 0 Å². The number of hydrogen-bond acceptors (Lipinski definition) is 3. The van der Waals surface area contributed by atoms with Crippen LogP contribution in [0.25, 0.3) is 11.1 Å². The first-order valence-electron chi connectivity index (χ1n) is 9.66. The fourth-order valence-electron chi connectivity index (χ4n) is 3.73. The van der Waals surface area contributed by atoms with E-state index in [1.54, 1.807) is 12.1 Å². The van der Waals surface area contributed by atoms with Crippen molar-refractivity contribution in [1.29, 1.82) is 0 Å². The Hall–Kier alpha value is -3.75. The second-order valence-electron chi connectivity index (χ2n) is 6.95. The lowest BCUT2D eigenvalue weighted by Gasteiger charge is -2.14. The van der Waals surface area contributed by atoms with Crippen LogP contribution in [0.4, 0.5) is 4.79 Å². The number of halogens is 1. The van der Waals surface area contributed by atoms with Gasteiger partial charge in [-0.2, -0.15) is 0 Å². The molecule has 1 amide bonds. The van der Waals surface area contributed by atoms with Crippen molar-refractivity contribution in [2.75, 3.05) is 13.2 Å². The molecule has 0 heterocycles. The molecule has 6 heteroatoms. The van der Waals surface area contributed by atoms with Gasteiger partial charge >= 0.3 is 12.1 Å². The predicted molar refractivity (Wildman–Crippen MR) is 118 cm³/mol. The Morgan fingerprint density at radius 1 is 0.968 bits per heavy atom. The Kier molecular flexibility index (Phi) is 5.92. The predicted octanol–water partition coefficient (Wildman–Crippen LogP) is 4.93. The van der Waals surface area contributed by atoms with Gasteiger partial charge in [-0.25, -0.2) is 9.59 Å². The Labute approximate surface area is 184 Å². The fourth-order valence-corrected chi connectivity index (χ4v) is 3.95. The molecule has 154 valence electrons. The van der Waals surface area contributed by atoms with Crippen molar-refractivity contribution in [1.82, 2.24) is 5.32 Å². The maximum Gasteiger partial charge on any atom is 0.407 e. The Morgan fingerprint density at radius 2 is 1.61 bits per heavy atom. The number of rotatable bonds is 4. The molecule has 0 aromatic heterocycles. The lowest BCUT2D eigenvalue weighted by atomic mass is 9.98. The molecule has 1 aliphatic rings. The number of ether oxygens (including phenoxy) is 1. The number of hydrogen-bond donors (Lipinski definition) is 2. The maximum absolute atomic E-state index is 12.2. The number of carbonyl (C=O) groups excluding carboxylic acids is 1. The highest BCUT2D eigenvalue weighted by atomic mass is 35.5. The number of fused-ring (bicyclic) bond motifs is 3. The first kappa shape index (κ1) is 20.5. The zero-order valence-electron chi connectivity index (χ0n) is 16.4. The van der Waals surface area contributed by atoms with Gasteiger partial charge in [-0.15, -0.1) is 0 Å². The van der Waals surface area contributed by atoms with Gasteiger partial charge in [0.2, 0.25) is 0 Å². The van der Waals surface area contributed by atoms with Crippen LogP contribution in [0.3, 0.4) is 0 Å². The fraction of sp³-hybridized carbons (Fsp3) is 0.120. The summed E-state index contributed by atoms with van der Waals surface area (Å²) in [4.78, 5) is 23.4. The third kappa shape index (κ3) is 4.25. The van der Waals surface area contributed by atoms with Crippen molar-refractivity contribution in [3.63, 3.8) is 0 Å². The number of carboxylic acids is 1. The summed E-state index contributed by atoms with van der Waals surface area (Å²) in [6.45, 7) is 0.210. The highest BCUT2D eigenvalue weighted by Crippen LogP contribution is 2.44. The summed E-state index contributed by atoms with van der Waals surface area (Å²) in [7, 11) is 0. The van der Waals surface area contributed by atoms with Crippen molar-refractivity contribution >= 4 is 23.7 Å². The molecule has 0 atom stereocenters. The number of carbonyl (C=O) groups is 2. The molecule has 2 N–H and O–H groups in total. The largest absolute Gasteiger partial charge is 0.478 e. The minimum atomic E-state index is -1.11. The topological polar surface area (TPSA) is 75.6 Å². The van der Waals surface area contributed by atoms with Crippen LogP contribution >= 0.6 is 11.6 Å². The number of alkyl carbamates (subject to hydrolysis) is 1. The number of nitrogens with one attached hydrogen (secondary N) is 1. The number of benzene rings is 3. The van der Waals surface area contributed by atoms with E-state index in [9.17, 15) is 14.7 Å². The van der Waals surface area contributed by atoms with E-state index in [0.717, 1.165) is 22.3 Å². The first-order chi connectivity index (χ1) is 15.1. The normalized spacial score (nSPS) is 11.6. The molecule has 0 spiro atoms. The van der Waals surface area contributed by atoms with Crippen LogP contribution in [-0.2, 0) is 4.74 Å². The van der Waals surface area contributed by atoms with E-state index in [0.29, 0.717) is 0 Å². The van der Waals surface area contributed by atoms with Gasteiger partial charge in [0, 0.05) is 5.92 Å². The van der Waals surface area contributed by atoms with Crippen LogP contribution in [-0.4, -0.2) is 30.3 Å². The number of amides is 1. The zero-order valence-corrected chi connectivity index (χ0v) is 17.1. The van der Waals surface area contributed by atoms with E-state index < -0.39 is 12.1 Å². The minimum Gasteiger partial charge on any atom is -0.478 e. The van der Waals surface area contributed by atoms with Gasteiger partial charge in [0.05, 0.1) is 22.7 Å². The second-order valence-corrected chi connectivity index (χ2v) is 7.36. The van der Waals surface area contributed by atoms with Gasteiger partial charge in [-0.05, 0) is 34.4 Å². The molecule has 4 rings (SSSR count). The van der Waals surface area contributed by atoms with Crippen LogP contribution in [0, 0.1) is 11.8 Å². The molecule has 0 saturated heterocycles. The second kappa shape index (κ2) is 8.95. The molecule has 31 heavy (non-hydrogen) atoms. The molecule has 0 bridgehead atoms. The number of aromatic carboxylic acids is 1. The molecule has 0 fully saturated rings. The molecule has 0 aliphatic heterocycles. The summed E-state index contributed by atoms with van der Waals surface area (Å²) in [6, 6.07) is 20.7. The molecular formula is C25H18ClNO4. The summed E-state index contributed by atoms with van der Waals surface area (Å²) in [5.74, 6) is 4.29. The van der Waals surface area contributed by atoms with Gasteiger partial charge in [0.1, 0.15) is 6.61 Å². The van der Waals surface area contributed by atoms with Crippen LogP contribution in [0.15, 0.2) is 66.7 Å². The quantitative estimate of drug-likeness (QED) is 0.574. The van der Waals surface area contributed by atoms with E-state index in [1.807, 2.05) is 24.3 Å². The van der Waals surface area contributed by atoms with Crippen LogP contribution in [0.5, 0.6) is 0 Å². The minimum absolute atomic E-state index is 0.000949. The van der Waals surface area contributed by atoms with Gasteiger partial charge in [0.15, 0.2) is 0 Å². The molecular weight excluding hydrogens is 414 g/mol. The Morgan fingerprint density at radius 3 is 2.26 bits per heavy atom. The monoisotopic (exact) mass is 431 g/mol. The molecule has 1 aliphatic carbocycles. The summed E-state index contributed by atoms with van der Waals surface area (Å²) in [5.41, 5.74) is 4.82. The van der Waals surface area contributed by atoms with Gasteiger partial charge < -0.3 is 15.2 Å². The highest BCUT2D eigenvalue weighted by molar-refractivity contribution is 6.32. The molecule has 0 saturated carbocycles. The first-order valence-corrected chi connectivity index (χ1v) is 10.0. The van der Waals surface area contributed by atoms with E-state index in [1.165, 1.54) is 6.07 Å². The lowest BCUT2D eigenvalue weighted by molar-refractivity contribution is 0.0696. The molecule has 3 aromatic carbocycles. The number of carboxylic acid groups (broad SMARTS) is 1. The van der Waals surface area contributed by atoms with Gasteiger partial charge in [-0.3, -0.25) is 0 Å². The third-order valence-corrected chi connectivity index (χ3v) is 5.44. The lowest BCUT2D eigenvalue weighted by Crippen LogP contribution is -2.26. The summed E-state index contributed by atoms with van der Waals surface area (Å²) >= 11 is 6.04. The van der Waals surface area contributed by atoms with Crippen LogP contribution in [0.2, 0.25) is 5.02 Å². The standard InChI is InChI=1S/C25H18ClNO4/c26-23-13-5-11-21(24(28)29)20(23)12-6-14-27-25(30)31-15-22-18-9-3-1-7-16(18)17-8-2-4-10-19(17)22/h1-5,7-11,13,22H,14-15H2,(H,27,30)(H,28,29). The Bertz CT molecular complexity index is 1180. The van der Waals surface area contributed by atoms with Crippen LogP contribution < -0.4 is 5.32 Å². The average Bonchev–Trinajstić information content (AvgIpc) is 3.09. The molecule has 3 aromatic rings. The molecule has 0 radical (unpaired) electrons.